The molecule has 0 aliphatic rings. The van der Waals surface area contributed by atoms with Gasteiger partial charge in [0.25, 0.3) is 0 Å². The van der Waals surface area contributed by atoms with Crippen molar-refractivity contribution < 1.29 is 13.9 Å². The van der Waals surface area contributed by atoms with E-state index in [0.717, 1.165) is 6.07 Å². The number of carbonyl (C=O) groups excluding carboxylic acids is 1. The molecule has 0 unspecified atom stereocenters. The monoisotopic (exact) mass is 256 g/mol. The van der Waals surface area contributed by atoms with E-state index in [4.69, 9.17) is 7.85 Å². The van der Waals surface area contributed by atoms with Gasteiger partial charge in [-0.3, -0.25) is 0 Å². The Balaban J connectivity index is 3.37. The molecule has 1 aromatic rings. The van der Waals surface area contributed by atoms with Gasteiger partial charge in [-0.15, -0.1) is 0 Å². The Labute approximate surface area is 91.0 Å². The van der Waals surface area contributed by atoms with Gasteiger partial charge in [0, 0.05) is 5.33 Å². The van der Waals surface area contributed by atoms with Crippen LogP contribution in [0.4, 0.5) is 4.39 Å². The van der Waals surface area contributed by atoms with Crippen LogP contribution in [0.3, 0.4) is 0 Å². The molecule has 2 radical (unpaired) electrons. The highest BCUT2D eigenvalue weighted by molar-refractivity contribution is 9.08. The molecule has 0 spiro atoms. The summed E-state index contributed by atoms with van der Waals surface area (Å²) in [5.74, 6) is -1.34. The van der Waals surface area contributed by atoms with Crippen LogP contribution in [0.1, 0.15) is 15.9 Å². The lowest BCUT2D eigenvalue weighted by atomic mass is 9.88. The summed E-state index contributed by atoms with van der Waals surface area (Å²) >= 11 is 3.14. The highest BCUT2D eigenvalue weighted by atomic mass is 79.9. The first-order valence-electron chi connectivity index (χ1n) is 3.83. The van der Waals surface area contributed by atoms with Gasteiger partial charge in [-0.2, -0.15) is 0 Å². The number of halogens is 2. The molecular formula is C9H7BBrFO2. The zero-order valence-electron chi connectivity index (χ0n) is 7.51. The lowest BCUT2D eigenvalue weighted by Crippen LogP contribution is -2.18. The van der Waals surface area contributed by atoms with Crippen molar-refractivity contribution in [1.29, 1.82) is 0 Å². The molecule has 1 rings (SSSR count). The molecule has 0 heterocycles. The fourth-order valence-corrected chi connectivity index (χ4v) is 1.71. The number of esters is 1. The van der Waals surface area contributed by atoms with Crippen LogP contribution in [0.2, 0.25) is 0 Å². The largest absolute Gasteiger partial charge is 0.465 e. The van der Waals surface area contributed by atoms with Gasteiger partial charge in [0.1, 0.15) is 13.7 Å². The Kier molecular flexibility index (Phi) is 3.69. The summed E-state index contributed by atoms with van der Waals surface area (Å²) in [4.78, 5) is 11.2. The number of benzene rings is 1. The number of methoxy groups -OCH3 is 1. The van der Waals surface area contributed by atoms with Crippen molar-refractivity contribution in [1.82, 2.24) is 0 Å². The van der Waals surface area contributed by atoms with E-state index in [1.807, 2.05) is 0 Å². The first-order valence-corrected chi connectivity index (χ1v) is 4.95. The van der Waals surface area contributed by atoms with Gasteiger partial charge >= 0.3 is 5.97 Å². The minimum Gasteiger partial charge on any atom is -0.465 e. The van der Waals surface area contributed by atoms with E-state index in [0.29, 0.717) is 16.4 Å². The van der Waals surface area contributed by atoms with E-state index >= 15 is 0 Å². The Morgan fingerprint density at radius 2 is 2.29 bits per heavy atom. The second-order valence-electron chi connectivity index (χ2n) is 2.62. The van der Waals surface area contributed by atoms with E-state index in [9.17, 15) is 9.18 Å². The van der Waals surface area contributed by atoms with E-state index in [-0.39, 0.29) is 5.56 Å². The summed E-state index contributed by atoms with van der Waals surface area (Å²) in [6, 6.07) is 2.56. The molecular weight excluding hydrogens is 250 g/mol. The van der Waals surface area contributed by atoms with E-state index in [2.05, 4.69) is 20.7 Å². The summed E-state index contributed by atoms with van der Waals surface area (Å²) in [5.41, 5.74) is 0.671. The van der Waals surface area contributed by atoms with Crippen molar-refractivity contribution in [2.24, 2.45) is 0 Å². The maximum absolute atomic E-state index is 13.3. The summed E-state index contributed by atoms with van der Waals surface area (Å²) < 4.78 is 17.7. The minimum absolute atomic E-state index is 0.107. The van der Waals surface area contributed by atoms with Gasteiger partial charge in [-0.25, -0.2) is 9.18 Å². The van der Waals surface area contributed by atoms with Crippen molar-refractivity contribution in [2.75, 3.05) is 7.11 Å². The van der Waals surface area contributed by atoms with Crippen LogP contribution in [-0.2, 0) is 10.1 Å². The predicted molar refractivity (Wildman–Crippen MR) is 55.8 cm³/mol. The molecule has 0 bridgehead atoms. The molecule has 0 atom stereocenters. The Hall–Kier alpha value is -0.835. The first kappa shape index (κ1) is 11.2. The summed E-state index contributed by atoms with van der Waals surface area (Å²) in [7, 11) is 6.79. The van der Waals surface area contributed by atoms with E-state index in [1.165, 1.54) is 13.2 Å². The molecule has 14 heavy (non-hydrogen) atoms. The van der Waals surface area contributed by atoms with Gasteiger partial charge in [0.2, 0.25) is 0 Å². The molecule has 72 valence electrons. The number of carbonyl (C=O) groups is 1. The molecule has 0 aromatic heterocycles. The second kappa shape index (κ2) is 4.60. The van der Waals surface area contributed by atoms with Crippen LogP contribution < -0.4 is 5.46 Å². The molecule has 0 saturated heterocycles. The summed E-state index contributed by atoms with van der Waals surface area (Å²) in [6.45, 7) is 0. The topological polar surface area (TPSA) is 26.3 Å². The molecule has 5 heteroatoms. The number of hydrogen-bond donors (Lipinski definition) is 0. The standard InChI is InChI=1S/C9H7BBrFO2/c1-14-9(13)8-5(4-11)6(10)2-3-7(8)12/h2-3H,4H2,1H3. The van der Waals surface area contributed by atoms with E-state index in [1.54, 1.807) is 0 Å². The second-order valence-corrected chi connectivity index (χ2v) is 3.18. The summed E-state index contributed by atoms with van der Waals surface area (Å²) in [5, 5.41) is 0.307. The number of hydrogen-bond acceptors (Lipinski definition) is 2. The smallest absolute Gasteiger partial charge is 0.341 e. The maximum Gasteiger partial charge on any atom is 0.341 e. The quantitative estimate of drug-likeness (QED) is 0.453. The molecule has 0 aliphatic carbocycles. The van der Waals surface area contributed by atoms with Crippen LogP contribution in [0.25, 0.3) is 0 Å². The van der Waals surface area contributed by atoms with Crippen molar-refractivity contribution >= 4 is 35.2 Å². The third kappa shape index (κ3) is 1.98. The average Bonchev–Trinajstić information content (AvgIpc) is 2.19. The van der Waals surface area contributed by atoms with Crippen molar-refractivity contribution in [3.05, 3.63) is 29.1 Å². The molecule has 2 nitrogen and oxygen atoms in total. The predicted octanol–water partition coefficient (Wildman–Crippen LogP) is 1.30. The van der Waals surface area contributed by atoms with Crippen LogP contribution in [-0.4, -0.2) is 20.9 Å². The van der Waals surface area contributed by atoms with Gasteiger partial charge in [-0.05, 0) is 11.6 Å². The zero-order valence-corrected chi connectivity index (χ0v) is 9.10. The Bertz CT molecular complexity index is 368. The molecule has 0 fully saturated rings. The molecule has 0 amide bonds. The van der Waals surface area contributed by atoms with Gasteiger partial charge < -0.3 is 4.74 Å². The normalized spacial score (nSPS) is 9.93. The number of alkyl halides is 1. The first-order chi connectivity index (χ1) is 6.61. The third-order valence-corrected chi connectivity index (χ3v) is 2.38. The van der Waals surface area contributed by atoms with Crippen molar-refractivity contribution in [3.63, 3.8) is 0 Å². The molecule has 0 saturated carbocycles. The number of rotatable bonds is 2. The lowest BCUT2D eigenvalue weighted by molar-refractivity contribution is 0.0594. The highest BCUT2D eigenvalue weighted by Gasteiger charge is 2.17. The summed E-state index contributed by atoms with van der Waals surface area (Å²) in [6.07, 6.45) is 0. The fraction of sp³-hybridized carbons (Fsp3) is 0.222. The molecule has 0 aliphatic heterocycles. The van der Waals surface area contributed by atoms with Gasteiger partial charge in [0.05, 0.1) is 12.7 Å². The minimum atomic E-state index is -0.718. The Morgan fingerprint density at radius 1 is 1.64 bits per heavy atom. The zero-order chi connectivity index (χ0) is 10.7. The van der Waals surface area contributed by atoms with E-state index < -0.39 is 11.8 Å². The van der Waals surface area contributed by atoms with Crippen LogP contribution >= 0.6 is 15.9 Å². The average molecular weight is 257 g/mol. The van der Waals surface area contributed by atoms with Crippen LogP contribution in [0.15, 0.2) is 12.1 Å². The van der Waals surface area contributed by atoms with Gasteiger partial charge in [0.15, 0.2) is 0 Å². The van der Waals surface area contributed by atoms with Crippen LogP contribution in [0, 0.1) is 5.82 Å². The maximum atomic E-state index is 13.3. The SMILES string of the molecule is [B]c1ccc(F)c(C(=O)OC)c1CBr. The molecule has 0 N–H and O–H groups in total. The number of ether oxygens (including phenoxy) is 1. The fourth-order valence-electron chi connectivity index (χ4n) is 1.10. The molecule has 1 aromatic carbocycles. The van der Waals surface area contributed by atoms with Gasteiger partial charge in [-0.1, -0.05) is 27.5 Å². The highest BCUT2D eigenvalue weighted by Crippen LogP contribution is 2.15. The Morgan fingerprint density at radius 3 is 2.79 bits per heavy atom. The lowest BCUT2D eigenvalue weighted by Gasteiger charge is -2.09. The third-order valence-electron chi connectivity index (χ3n) is 1.82. The van der Waals surface area contributed by atoms with Crippen LogP contribution in [0.5, 0.6) is 0 Å². The van der Waals surface area contributed by atoms with Crippen molar-refractivity contribution in [2.45, 2.75) is 5.33 Å². The van der Waals surface area contributed by atoms with Crippen molar-refractivity contribution in [3.8, 4) is 0 Å².